The lowest BCUT2D eigenvalue weighted by molar-refractivity contribution is 0.104. The number of nitrogens with one attached hydrogen (secondary N) is 1. The van der Waals surface area contributed by atoms with Gasteiger partial charge in [0.25, 0.3) is 0 Å². The number of carbonyl (C=O) groups excluding carboxylic acids is 1. The van der Waals surface area contributed by atoms with Crippen molar-refractivity contribution in [2.75, 3.05) is 24.5 Å². The van der Waals surface area contributed by atoms with Gasteiger partial charge in [0, 0.05) is 48.4 Å². The molecule has 0 bridgehead atoms. The molecule has 2 fully saturated rings. The second kappa shape index (κ2) is 3.95. The van der Waals surface area contributed by atoms with E-state index in [2.05, 4.69) is 28.4 Å². The van der Waals surface area contributed by atoms with Gasteiger partial charge in [0.05, 0.1) is 0 Å². The first-order chi connectivity index (χ1) is 10.3. The zero-order valence-electron chi connectivity index (χ0n) is 11.7. The quantitative estimate of drug-likeness (QED) is 0.740. The van der Waals surface area contributed by atoms with Crippen LogP contribution in [-0.4, -0.2) is 31.5 Å². The third kappa shape index (κ3) is 1.49. The summed E-state index contributed by atoms with van der Waals surface area (Å²) in [5.74, 6) is 0.953. The fourth-order valence-electron chi connectivity index (χ4n) is 3.88. The highest BCUT2D eigenvalue weighted by Crippen LogP contribution is 2.39. The summed E-state index contributed by atoms with van der Waals surface area (Å²) in [4.78, 5) is 15.0. The van der Waals surface area contributed by atoms with Gasteiger partial charge >= 0.3 is 0 Å². The van der Waals surface area contributed by atoms with Gasteiger partial charge in [-0.05, 0) is 23.3 Å². The van der Waals surface area contributed by atoms with Crippen LogP contribution in [0.2, 0.25) is 0 Å². The van der Waals surface area contributed by atoms with Crippen LogP contribution in [0.3, 0.4) is 0 Å². The number of nitrogens with zero attached hydrogens (tertiary/aromatic N) is 1. The molecule has 0 spiro atoms. The van der Waals surface area contributed by atoms with Crippen LogP contribution in [0.5, 0.6) is 0 Å². The summed E-state index contributed by atoms with van der Waals surface area (Å²) in [6.45, 7) is 3.30. The van der Waals surface area contributed by atoms with Crippen molar-refractivity contribution < 1.29 is 4.79 Å². The Morgan fingerprint density at radius 2 is 1.76 bits per heavy atom. The molecule has 2 heterocycles. The molecule has 0 radical (unpaired) electrons. The SMILES string of the molecule is O=C1c2ccccc2-c2ccc(N3C[C@@H]4CN[C@@H]4C3)cc21. The molecule has 0 amide bonds. The Hall–Kier alpha value is -2.13. The van der Waals surface area contributed by atoms with Crippen molar-refractivity contribution in [2.45, 2.75) is 6.04 Å². The molecular formula is C18H16N2O. The van der Waals surface area contributed by atoms with Crippen molar-refractivity contribution in [1.29, 1.82) is 0 Å². The standard InChI is InChI=1S/C18H16N2O/c21-18-15-4-2-1-3-13(15)14-6-5-12(7-16(14)18)20-9-11-8-19-17(11)10-20/h1-7,11,17,19H,8-10H2/t11-,17+/m0/s1. The van der Waals surface area contributed by atoms with E-state index in [4.69, 9.17) is 0 Å². The zero-order valence-corrected chi connectivity index (χ0v) is 11.7. The van der Waals surface area contributed by atoms with Gasteiger partial charge in [-0.2, -0.15) is 0 Å². The van der Waals surface area contributed by atoms with Gasteiger partial charge in [-0.1, -0.05) is 30.3 Å². The van der Waals surface area contributed by atoms with Gasteiger partial charge < -0.3 is 10.2 Å². The van der Waals surface area contributed by atoms with E-state index in [9.17, 15) is 4.79 Å². The van der Waals surface area contributed by atoms with E-state index in [1.165, 1.54) is 5.69 Å². The molecule has 2 aromatic rings. The highest BCUT2D eigenvalue weighted by molar-refractivity contribution is 6.22. The van der Waals surface area contributed by atoms with Crippen LogP contribution in [0.1, 0.15) is 15.9 Å². The second-order valence-electron chi connectivity index (χ2n) is 6.28. The predicted molar refractivity (Wildman–Crippen MR) is 82.8 cm³/mol. The fraction of sp³-hybridized carbons (Fsp3) is 0.278. The third-order valence-electron chi connectivity index (χ3n) is 5.16. The van der Waals surface area contributed by atoms with Crippen LogP contribution in [0.15, 0.2) is 42.5 Å². The Morgan fingerprint density at radius 1 is 0.952 bits per heavy atom. The number of rotatable bonds is 1. The Balaban J connectivity index is 1.57. The normalized spacial score (nSPS) is 25.3. The molecule has 2 aliphatic heterocycles. The Morgan fingerprint density at radius 3 is 2.48 bits per heavy atom. The van der Waals surface area contributed by atoms with Crippen molar-refractivity contribution in [3.8, 4) is 11.1 Å². The van der Waals surface area contributed by atoms with E-state index in [1.807, 2.05) is 24.3 Å². The van der Waals surface area contributed by atoms with E-state index in [0.29, 0.717) is 6.04 Å². The summed E-state index contributed by atoms with van der Waals surface area (Å²) in [7, 11) is 0. The van der Waals surface area contributed by atoms with Gasteiger partial charge in [0.1, 0.15) is 0 Å². The molecule has 0 aromatic heterocycles. The summed E-state index contributed by atoms with van der Waals surface area (Å²) >= 11 is 0. The molecule has 104 valence electrons. The fourth-order valence-corrected chi connectivity index (χ4v) is 3.88. The number of benzene rings is 2. The maximum atomic E-state index is 12.6. The minimum atomic E-state index is 0.169. The van der Waals surface area contributed by atoms with Crippen LogP contribution in [-0.2, 0) is 0 Å². The summed E-state index contributed by atoms with van der Waals surface area (Å²) < 4.78 is 0. The molecule has 2 atom stereocenters. The average Bonchev–Trinajstić information content (AvgIpc) is 2.96. The van der Waals surface area contributed by atoms with Crippen LogP contribution < -0.4 is 10.2 Å². The highest BCUT2D eigenvalue weighted by atomic mass is 16.1. The van der Waals surface area contributed by atoms with Gasteiger partial charge in [-0.25, -0.2) is 0 Å². The van der Waals surface area contributed by atoms with Crippen molar-refractivity contribution >= 4 is 11.5 Å². The van der Waals surface area contributed by atoms with E-state index in [-0.39, 0.29) is 5.78 Å². The lowest BCUT2D eigenvalue weighted by Crippen LogP contribution is -2.51. The smallest absolute Gasteiger partial charge is 0.194 e. The van der Waals surface area contributed by atoms with Crippen molar-refractivity contribution in [3.05, 3.63) is 53.6 Å². The number of ketones is 1. The third-order valence-corrected chi connectivity index (χ3v) is 5.16. The average molecular weight is 276 g/mol. The van der Waals surface area contributed by atoms with Gasteiger partial charge in [0.15, 0.2) is 5.78 Å². The number of hydrogen-bond acceptors (Lipinski definition) is 3. The van der Waals surface area contributed by atoms with Crippen LogP contribution in [0.25, 0.3) is 11.1 Å². The Labute approximate surface area is 123 Å². The molecule has 3 nitrogen and oxygen atoms in total. The Bertz CT molecular complexity index is 756. The first kappa shape index (κ1) is 11.5. The number of fused-ring (bicyclic) bond motifs is 4. The Kier molecular flexibility index (Phi) is 2.17. The zero-order chi connectivity index (χ0) is 14.0. The van der Waals surface area contributed by atoms with Crippen molar-refractivity contribution in [2.24, 2.45) is 5.92 Å². The molecule has 5 rings (SSSR count). The minimum Gasteiger partial charge on any atom is -0.370 e. The molecule has 21 heavy (non-hydrogen) atoms. The minimum absolute atomic E-state index is 0.169. The highest BCUT2D eigenvalue weighted by Gasteiger charge is 2.39. The van der Waals surface area contributed by atoms with Crippen molar-refractivity contribution in [3.63, 3.8) is 0 Å². The lowest BCUT2D eigenvalue weighted by atomic mass is 9.96. The van der Waals surface area contributed by atoms with Crippen LogP contribution in [0.4, 0.5) is 5.69 Å². The van der Waals surface area contributed by atoms with E-state index in [1.54, 1.807) is 0 Å². The summed E-state index contributed by atoms with van der Waals surface area (Å²) in [5.41, 5.74) is 5.05. The molecule has 0 unspecified atom stereocenters. The molecule has 2 saturated heterocycles. The monoisotopic (exact) mass is 276 g/mol. The molecule has 1 aliphatic carbocycles. The van der Waals surface area contributed by atoms with E-state index < -0.39 is 0 Å². The van der Waals surface area contributed by atoms with Gasteiger partial charge in [-0.15, -0.1) is 0 Å². The van der Waals surface area contributed by atoms with Crippen LogP contribution >= 0.6 is 0 Å². The van der Waals surface area contributed by atoms with E-state index in [0.717, 1.165) is 47.8 Å². The maximum absolute atomic E-state index is 12.6. The lowest BCUT2D eigenvalue weighted by Gasteiger charge is -2.29. The first-order valence-electron chi connectivity index (χ1n) is 7.58. The van der Waals surface area contributed by atoms with Gasteiger partial charge in [-0.3, -0.25) is 4.79 Å². The van der Waals surface area contributed by atoms with Crippen LogP contribution in [0, 0.1) is 5.92 Å². The summed E-state index contributed by atoms with van der Waals surface area (Å²) in [5, 5.41) is 3.47. The van der Waals surface area contributed by atoms with E-state index >= 15 is 0 Å². The predicted octanol–water partition coefficient (Wildman–Crippen LogP) is 2.31. The first-order valence-corrected chi connectivity index (χ1v) is 7.58. The molecule has 3 heteroatoms. The summed E-state index contributed by atoms with van der Waals surface area (Å²) in [6, 6.07) is 14.9. The molecule has 2 aromatic carbocycles. The van der Waals surface area contributed by atoms with Gasteiger partial charge in [0.2, 0.25) is 0 Å². The second-order valence-corrected chi connectivity index (χ2v) is 6.28. The maximum Gasteiger partial charge on any atom is 0.194 e. The largest absolute Gasteiger partial charge is 0.370 e. The molecule has 3 aliphatic rings. The number of hydrogen-bond donors (Lipinski definition) is 1. The number of anilines is 1. The topological polar surface area (TPSA) is 32.3 Å². The summed E-state index contributed by atoms with van der Waals surface area (Å²) in [6.07, 6.45) is 0. The van der Waals surface area contributed by atoms with Crippen molar-refractivity contribution in [1.82, 2.24) is 5.32 Å². The molecule has 0 saturated carbocycles. The molecule has 1 N–H and O–H groups in total. The number of carbonyl (C=O) groups is 1. The molecular weight excluding hydrogens is 260 g/mol.